The molecular formula is C29H30N8O5S. The predicted molar refractivity (Wildman–Crippen MR) is 155 cm³/mol. The highest BCUT2D eigenvalue weighted by Crippen LogP contribution is 2.35. The van der Waals surface area contributed by atoms with Gasteiger partial charge < -0.3 is 10.6 Å². The Bertz CT molecular complexity index is 1920. The molecule has 2 aromatic carbocycles. The lowest BCUT2D eigenvalue weighted by atomic mass is 9.96. The molecule has 222 valence electrons. The lowest BCUT2D eigenvalue weighted by molar-refractivity contribution is 0.0927. The molecule has 0 fully saturated rings. The van der Waals surface area contributed by atoms with E-state index in [1.165, 1.54) is 21.2 Å². The van der Waals surface area contributed by atoms with E-state index in [4.69, 9.17) is 5.14 Å². The van der Waals surface area contributed by atoms with Crippen LogP contribution in [0, 0.1) is 6.92 Å². The largest absolute Gasteiger partial charge is 0.347 e. The number of carbonyl (C=O) groups is 3. The summed E-state index contributed by atoms with van der Waals surface area (Å²) >= 11 is 0. The number of ketones is 1. The Morgan fingerprint density at radius 3 is 2.65 bits per heavy atom. The number of hydrogen-bond donors (Lipinski definition) is 3. The Morgan fingerprint density at radius 2 is 1.88 bits per heavy atom. The zero-order valence-corrected chi connectivity index (χ0v) is 24.4. The van der Waals surface area contributed by atoms with Crippen molar-refractivity contribution in [3.63, 3.8) is 0 Å². The highest BCUT2D eigenvalue weighted by Gasteiger charge is 2.29. The van der Waals surface area contributed by atoms with Crippen molar-refractivity contribution in [1.29, 1.82) is 0 Å². The maximum atomic E-state index is 13.5. The van der Waals surface area contributed by atoms with Crippen LogP contribution in [0.25, 0.3) is 5.78 Å². The fourth-order valence-corrected chi connectivity index (χ4v) is 6.58. The van der Waals surface area contributed by atoms with Gasteiger partial charge in [0.15, 0.2) is 5.78 Å². The van der Waals surface area contributed by atoms with Crippen molar-refractivity contribution in [2.75, 3.05) is 6.54 Å². The summed E-state index contributed by atoms with van der Waals surface area (Å²) in [6.07, 6.45) is 3.23. The quantitative estimate of drug-likeness (QED) is 0.266. The first-order chi connectivity index (χ1) is 20.5. The van der Waals surface area contributed by atoms with Gasteiger partial charge in [0.2, 0.25) is 0 Å². The van der Waals surface area contributed by atoms with E-state index in [1.807, 2.05) is 31.2 Å². The summed E-state index contributed by atoms with van der Waals surface area (Å²) in [5.74, 6) is -0.845. The Kier molecular flexibility index (Phi) is 7.28. The molecule has 1 aliphatic heterocycles. The fourth-order valence-electron chi connectivity index (χ4n) is 5.92. The van der Waals surface area contributed by atoms with E-state index in [9.17, 15) is 22.8 Å². The van der Waals surface area contributed by atoms with Crippen molar-refractivity contribution in [3.8, 4) is 0 Å². The van der Waals surface area contributed by atoms with Crippen molar-refractivity contribution in [1.82, 2.24) is 34.5 Å². The molecule has 0 spiro atoms. The van der Waals surface area contributed by atoms with Crippen LogP contribution in [0.5, 0.6) is 0 Å². The molecule has 4 N–H and O–H groups in total. The second-order valence-electron chi connectivity index (χ2n) is 10.8. The van der Waals surface area contributed by atoms with E-state index in [-0.39, 0.29) is 42.1 Å². The zero-order chi connectivity index (χ0) is 30.5. The van der Waals surface area contributed by atoms with Crippen LogP contribution >= 0.6 is 0 Å². The number of nitrogens with one attached hydrogen (secondary N) is 2. The van der Waals surface area contributed by atoms with Crippen molar-refractivity contribution in [2.24, 2.45) is 5.14 Å². The number of benzene rings is 2. The van der Waals surface area contributed by atoms with E-state index >= 15 is 0 Å². The van der Waals surface area contributed by atoms with Crippen LogP contribution in [-0.2, 0) is 36.1 Å². The van der Waals surface area contributed by atoms with Gasteiger partial charge in [0, 0.05) is 31.3 Å². The minimum Gasteiger partial charge on any atom is -0.347 e. The molecule has 2 amide bonds. The second-order valence-corrected chi connectivity index (χ2v) is 12.4. The maximum Gasteiger partial charge on any atom is 0.277 e. The molecule has 4 aromatic rings. The van der Waals surface area contributed by atoms with E-state index in [0.717, 1.165) is 39.8 Å². The van der Waals surface area contributed by atoms with Crippen molar-refractivity contribution >= 4 is 33.6 Å². The van der Waals surface area contributed by atoms with Gasteiger partial charge in [0.25, 0.3) is 27.8 Å². The summed E-state index contributed by atoms with van der Waals surface area (Å²) in [5.41, 5.74) is 6.39. The van der Waals surface area contributed by atoms with Crippen molar-refractivity contribution in [3.05, 3.63) is 93.1 Å². The summed E-state index contributed by atoms with van der Waals surface area (Å²) in [5, 5.41) is 15.3. The summed E-state index contributed by atoms with van der Waals surface area (Å²) < 4.78 is 26.1. The van der Waals surface area contributed by atoms with Crippen LogP contribution < -0.4 is 15.8 Å². The Morgan fingerprint density at radius 1 is 1.07 bits per heavy atom. The van der Waals surface area contributed by atoms with Gasteiger partial charge in [-0.2, -0.15) is 27.3 Å². The van der Waals surface area contributed by atoms with Crippen molar-refractivity contribution in [2.45, 2.75) is 52.2 Å². The first kappa shape index (κ1) is 28.6. The first-order valence-corrected chi connectivity index (χ1v) is 15.3. The molecule has 2 aromatic heterocycles. The van der Waals surface area contributed by atoms with Gasteiger partial charge in [-0.1, -0.05) is 30.3 Å². The number of rotatable bonds is 7. The zero-order valence-electron chi connectivity index (χ0n) is 23.6. The number of aromatic nitrogens is 4. The molecule has 0 radical (unpaired) electrons. The minimum atomic E-state index is -3.80. The molecular weight excluding hydrogens is 572 g/mol. The van der Waals surface area contributed by atoms with Gasteiger partial charge in [-0.3, -0.25) is 14.4 Å². The standard InChI is InChI=1S/C29H30N8O5S/c1-16-21(17(2)38)5-6-23-22(16)7-8-24(23)34-28(40)26-12-25(35-29-32-15-33-37(26)29)27(39)31-13-18-3-4-19-9-10-36(43(30,41)42)14-20(19)11-18/h3-6,11-12,15,24H,7-10,13-14H2,1-2H3,(H,31,39)(H,34,40)(H2,30,41,42)/t24-/m0/s1. The summed E-state index contributed by atoms with van der Waals surface area (Å²) in [7, 11) is -3.80. The third-order valence-electron chi connectivity index (χ3n) is 8.16. The molecule has 43 heavy (non-hydrogen) atoms. The molecule has 1 aliphatic carbocycles. The molecule has 0 bridgehead atoms. The van der Waals surface area contributed by atoms with Gasteiger partial charge in [-0.05, 0) is 66.5 Å². The smallest absolute Gasteiger partial charge is 0.277 e. The lowest BCUT2D eigenvalue weighted by Crippen LogP contribution is -2.40. The molecule has 0 saturated carbocycles. The predicted octanol–water partition coefficient (Wildman–Crippen LogP) is 1.54. The summed E-state index contributed by atoms with van der Waals surface area (Å²) in [6, 6.07) is 10.4. The number of fused-ring (bicyclic) bond motifs is 3. The van der Waals surface area contributed by atoms with Crippen LogP contribution in [-0.4, -0.2) is 56.4 Å². The monoisotopic (exact) mass is 602 g/mol. The van der Waals surface area contributed by atoms with E-state index in [2.05, 4.69) is 25.7 Å². The van der Waals surface area contributed by atoms with E-state index in [0.29, 0.717) is 24.9 Å². The first-order valence-electron chi connectivity index (χ1n) is 13.8. The van der Waals surface area contributed by atoms with Gasteiger partial charge >= 0.3 is 0 Å². The SMILES string of the molecule is CC(=O)c1ccc2c(c1C)CC[C@@H]2NC(=O)c1cc(C(=O)NCc2ccc3c(c2)CN(S(N)(=O)=O)CC3)nc2ncnn12. The lowest BCUT2D eigenvalue weighted by Gasteiger charge is -2.26. The van der Waals surface area contributed by atoms with Crippen LogP contribution in [0.4, 0.5) is 0 Å². The topological polar surface area (TPSA) is 182 Å². The number of amides is 2. The number of Topliss-reactive ketones (excluding diaryl/α,β-unsaturated/α-hetero) is 1. The highest BCUT2D eigenvalue weighted by molar-refractivity contribution is 7.86. The second kappa shape index (κ2) is 10.9. The molecule has 0 saturated heterocycles. The number of nitrogens with two attached hydrogens (primary N) is 1. The molecule has 2 aliphatic rings. The van der Waals surface area contributed by atoms with Gasteiger partial charge in [0.1, 0.15) is 17.7 Å². The molecule has 0 unspecified atom stereocenters. The van der Waals surface area contributed by atoms with E-state index < -0.39 is 22.0 Å². The maximum absolute atomic E-state index is 13.5. The normalized spacial score (nSPS) is 16.5. The van der Waals surface area contributed by atoms with Crippen LogP contribution in [0.3, 0.4) is 0 Å². The van der Waals surface area contributed by atoms with Crippen LogP contribution in [0.15, 0.2) is 42.7 Å². The highest BCUT2D eigenvalue weighted by atomic mass is 32.2. The summed E-state index contributed by atoms with van der Waals surface area (Å²) in [6.45, 7) is 4.12. The summed E-state index contributed by atoms with van der Waals surface area (Å²) in [4.78, 5) is 47.0. The van der Waals surface area contributed by atoms with Crippen LogP contribution in [0.2, 0.25) is 0 Å². The third-order valence-corrected chi connectivity index (χ3v) is 9.19. The van der Waals surface area contributed by atoms with Crippen LogP contribution in [0.1, 0.15) is 84.1 Å². The molecule has 3 heterocycles. The molecule has 1 atom stereocenters. The third kappa shape index (κ3) is 5.51. The van der Waals surface area contributed by atoms with Gasteiger partial charge in [-0.25, -0.2) is 10.1 Å². The van der Waals surface area contributed by atoms with E-state index in [1.54, 1.807) is 13.0 Å². The molecule has 6 rings (SSSR count). The average Bonchev–Trinajstić information content (AvgIpc) is 3.62. The van der Waals surface area contributed by atoms with Gasteiger partial charge in [0.05, 0.1) is 6.04 Å². The number of nitrogens with zero attached hydrogens (tertiary/aromatic N) is 5. The van der Waals surface area contributed by atoms with Crippen molar-refractivity contribution < 1.29 is 22.8 Å². The average molecular weight is 603 g/mol. The molecule has 13 nitrogen and oxygen atoms in total. The minimum absolute atomic E-state index is 0.00206. The van der Waals surface area contributed by atoms with Gasteiger partial charge in [-0.15, -0.1) is 0 Å². The Balaban J connectivity index is 1.19. The number of hydrogen-bond acceptors (Lipinski definition) is 8. The fraction of sp³-hybridized carbons (Fsp3) is 0.310. The Labute approximate surface area is 247 Å². The number of carbonyl (C=O) groups excluding carboxylic acids is 3. The molecule has 14 heteroatoms. The Hall–Kier alpha value is -4.53.